The monoisotopic (exact) mass is 101 g/mol. The fourth-order valence-electron chi connectivity index (χ4n) is 0.413. The fourth-order valence-corrected chi connectivity index (χ4v) is 0.413. The molecule has 1 atom stereocenters. The quantitative estimate of drug-likeness (QED) is 0.426. The molecule has 0 aliphatic heterocycles. The number of aliphatic hydroxyl groups excluding tert-OH is 1. The molecular weight excluding hydrogens is 88.9 g/mol. The van der Waals surface area contributed by atoms with Crippen LogP contribution in [0.15, 0.2) is 0 Å². The zero-order valence-electron chi connectivity index (χ0n) is 4.94. The predicted molar refractivity (Wildman–Crippen MR) is 33.1 cm³/mol. The van der Waals surface area contributed by atoms with Gasteiger partial charge in [0.15, 0.2) is 0 Å². The van der Waals surface area contributed by atoms with Crippen molar-refractivity contribution in [1.29, 1.82) is 0 Å². The second-order valence-electron chi connectivity index (χ2n) is 1.64. The Balaban J connectivity index is 2.83. The van der Waals surface area contributed by atoms with Crippen LogP contribution in [0.2, 0.25) is 0 Å². The van der Waals surface area contributed by atoms with E-state index in [0.717, 1.165) is 6.44 Å². The van der Waals surface area contributed by atoms with Gasteiger partial charge in [-0.1, -0.05) is 0 Å². The van der Waals surface area contributed by atoms with Crippen molar-refractivity contribution in [3.05, 3.63) is 0 Å². The summed E-state index contributed by atoms with van der Waals surface area (Å²) in [4.78, 5) is 0. The third kappa shape index (κ3) is 3.82. The van der Waals surface area contributed by atoms with E-state index in [1.165, 1.54) is 0 Å². The lowest BCUT2D eigenvalue weighted by molar-refractivity contribution is 0.256. The lowest BCUT2D eigenvalue weighted by atomic mass is 10.1. The summed E-state index contributed by atoms with van der Waals surface area (Å²) in [6.45, 7) is 2.18. The molecule has 0 saturated carbocycles. The molecule has 0 fully saturated rings. The van der Waals surface area contributed by atoms with Crippen LogP contribution in [0.5, 0.6) is 0 Å². The van der Waals surface area contributed by atoms with Gasteiger partial charge in [-0.2, -0.15) is 0 Å². The first kappa shape index (κ1) is 6.98. The molecule has 0 saturated heterocycles. The first-order valence-corrected chi connectivity index (χ1v) is 2.65. The molecule has 7 heavy (non-hydrogen) atoms. The lowest BCUT2D eigenvalue weighted by Gasteiger charge is -2.05. The van der Waals surface area contributed by atoms with Crippen molar-refractivity contribution in [2.24, 2.45) is 0 Å². The highest BCUT2D eigenvalue weighted by molar-refractivity contribution is 6.08. The molecule has 2 N–H and O–H groups in total. The molecule has 0 aromatic heterocycles. The van der Waals surface area contributed by atoms with Gasteiger partial charge in [-0.3, -0.25) is 0 Å². The topological polar surface area (TPSA) is 32.3 Å². The zero-order chi connectivity index (χ0) is 5.70. The van der Waals surface area contributed by atoms with E-state index in [4.69, 9.17) is 5.11 Å². The third-order valence-electron chi connectivity index (χ3n) is 0.826. The molecule has 0 aliphatic carbocycles. The van der Waals surface area contributed by atoms with Crippen molar-refractivity contribution in [1.82, 2.24) is 5.32 Å². The van der Waals surface area contributed by atoms with E-state index in [9.17, 15) is 0 Å². The van der Waals surface area contributed by atoms with E-state index in [0.29, 0.717) is 0 Å². The average Bonchev–Trinajstić information content (AvgIpc) is 1.68. The number of rotatable bonds is 3. The maximum absolute atomic E-state index is 8.40. The van der Waals surface area contributed by atoms with Gasteiger partial charge in [0.2, 0.25) is 0 Å². The largest absolute Gasteiger partial charge is 0.395 e. The molecule has 0 rings (SSSR count). The standard InChI is InChI=1S/C4H12BNO/c1-4(2-7)6-3-5/h4,6-7H,2-3,5H2,1H3. The van der Waals surface area contributed by atoms with Crippen molar-refractivity contribution in [3.8, 4) is 0 Å². The van der Waals surface area contributed by atoms with Crippen LogP contribution in [-0.2, 0) is 0 Å². The molecule has 2 nitrogen and oxygen atoms in total. The maximum atomic E-state index is 8.40. The Morgan fingerprint density at radius 3 is 2.57 bits per heavy atom. The molecular formula is C4H12BNO. The first-order valence-electron chi connectivity index (χ1n) is 2.65. The lowest BCUT2D eigenvalue weighted by Crippen LogP contribution is -2.29. The molecule has 0 aromatic carbocycles. The van der Waals surface area contributed by atoms with Gasteiger partial charge in [0.05, 0.1) is 6.61 Å². The molecule has 0 radical (unpaired) electrons. The van der Waals surface area contributed by atoms with Crippen molar-refractivity contribution in [3.63, 3.8) is 0 Å². The van der Waals surface area contributed by atoms with Crippen LogP contribution in [0.25, 0.3) is 0 Å². The first-order chi connectivity index (χ1) is 3.31. The zero-order valence-corrected chi connectivity index (χ0v) is 4.94. The molecule has 0 spiro atoms. The van der Waals surface area contributed by atoms with Crippen LogP contribution in [0.1, 0.15) is 6.92 Å². The third-order valence-corrected chi connectivity index (χ3v) is 0.826. The van der Waals surface area contributed by atoms with Crippen LogP contribution in [0, 0.1) is 0 Å². The Hall–Kier alpha value is -0.0151. The SMILES string of the molecule is BCNC(C)CO. The summed E-state index contributed by atoms with van der Waals surface area (Å²) >= 11 is 0. The number of nitrogens with one attached hydrogen (secondary N) is 1. The van der Waals surface area contributed by atoms with Crippen molar-refractivity contribution >= 4 is 7.85 Å². The predicted octanol–water partition coefficient (Wildman–Crippen LogP) is -1.45. The van der Waals surface area contributed by atoms with Gasteiger partial charge in [0.1, 0.15) is 7.85 Å². The summed E-state index contributed by atoms with van der Waals surface area (Å²) in [5.41, 5.74) is 0. The van der Waals surface area contributed by atoms with Crippen LogP contribution in [-0.4, -0.2) is 32.0 Å². The van der Waals surface area contributed by atoms with E-state index in [1.54, 1.807) is 0 Å². The number of hydrogen-bond acceptors (Lipinski definition) is 2. The second-order valence-corrected chi connectivity index (χ2v) is 1.64. The molecule has 1 unspecified atom stereocenters. The van der Waals surface area contributed by atoms with E-state index < -0.39 is 0 Å². The van der Waals surface area contributed by atoms with Gasteiger partial charge in [-0.05, 0) is 13.4 Å². The second kappa shape index (κ2) is 4.15. The van der Waals surface area contributed by atoms with Crippen molar-refractivity contribution in [2.75, 3.05) is 13.1 Å². The van der Waals surface area contributed by atoms with Gasteiger partial charge >= 0.3 is 0 Å². The highest BCUT2D eigenvalue weighted by Crippen LogP contribution is 1.72. The Labute approximate surface area is 45.3 Å². The Kier molecular flexibility index (Phi) is 4.14. The van der Waals surface area contributed by atoms with Gasteiger partial charge in [-0.25, -0.2) is 0 Å². The van der Waals surface area contributed by atoms with Crippen molar-refractivity contribution < 1.29 is 5.11 Å². The molecule has 3 heteroatoms. The molecule has 0 bridgehead atoms. The summed E-state index contributed by atoms with van der Waals surface area (Å²) in [6, 6.07) is 0.255. The van der Waals surface area contributed by atoms with Crippen LogP contribution in [0.3, 0.4) is 0 Å². The summed E-state index contributed by atoms with van der Waals surface area (Å²) in [5, 5.41) is 11.4. The minimum absolute atomic E-state index is 0.230. The van der Waals surface area contributed by atoms with Crippen LogP contribution < -0.4 is 5.32 Å². The minimum Gasteiger partial charge on any atom is -0.395 e. The highest BCUT2D eigenvalue weighted by atomic mass is 16.3. The molecule has 42 valence electrons. The fraction of sp³-hybridized carbons (Fsp3) is 1.00. The average molecular weight is 101 g/mol. The van der Waals surface area contributed by atoms with Gasteiger partial charge in [0.25, 0.3) is 0 Å². The van der Waals surface area contributed by atoms with Crippen LogP contribution in [0.4, 0.5) is 0 Å². The Bertz CT molecular complexity index is 42.7. The molecule has 0 heterocycles. The van der Waals surface area contributed by atoms with Gasteiger partial charge in [-0.15, -0.1) is 0 Å². The summed E-state index contributed by atoms with van der Waals surface area (Å²) in [6.07, 6.45) is 0.932. The molecule has 0 aliphatic rings. The number of hydrogen-bond donors (Lipinski definition) is 2. The summed E-state index contributed by atoms with van der Waals surface area (Å²) in [7, 11) is 2.02. The minimum atomic E-state index is 0.230. The van der Waals surface area contributed by atoms with Crippen molar-refractivity contribution in [2.45, 2.75) is 13.0 Å². The molecule has 0 aromatic rings. The summed E-state index contributed by atoms with van der Waals surface area (Å²) in [5.74, 6) is 0. The highest BCUT2D eigenvalue weighted by Gasteiger charge is 1.91. The number of aliphatic hydroxyl groups is 1. The maximum Gasteiger partial charge on any atom is 0.119 e. The summed E-state index contributed by atoms with van der Waals surface area (Å²) < 4.78 is 0. The van der Waals surface area contributed by atoms with Crippen LogP contribution >= 0.6 is 0 Å². The van der Waals surface area contributed by atoms with Gasteiger partial charge in [0, 0.05) is 6.04 Å². The van der Waals surface area contributed by atoms with E-state index in [1.807, 2.05) is 14.8 Å². The smallest absolute Gasteiger partial charge is 0.119 e. The normalized spacial score (nSPS) is 14.0. The van der Waals surface area contributed by atoms with Gasteiger partial charge < -0.3 is 10.4 Å². The van der Waals surface area contributed by atoms with E-state index in [2.05, 4.69) is 5.32 Å². The Morgan fingerprint density at radius 1 is 1.86 bits per heavy atom. The Morgan fingerprint density at radius 2 is 2.43 bits per heavy atom. The van der Waals surface area contributed by atoms with E-state index >= 15 is 0 Å². The van der Waals surface area contributed by atoms with E-state index in [-0.39, 0.29) is 12.6 Å². The molecule has 0 amide bonds.